The van der Waals surface area contributed by atoms with Crippen LogP contribution in [0.2, 0.25) is 0 Å². The fourth-order valence-electron chi connectivity index (χ4n) is 4.10. The Hall–Kier alpha value is -3.88. The number of nitrogens with zero attached hydrogens (tertiary/aromatic N) is 1. The summed E-state index contributed by atoms with van der Waals surface area (Å²) >= 11 is 0. The van der Waals surface area contributed by atoms with E-state index in [-0.39, 0.29) is 6.54 Å². The smallest absolute Gasteiger partial charge is 0.408 e. The summed E-state index contributed by atoms with van der Waals surface area (Å²) in [5, 5.41) is 5.47. The van der Waals surface area contributed by atoms with Crippen molar-refractivity contribution in [1.29, 1.82) is 0 Å². The summed E-state index contributed by atoms with van der Waals surface area (Å²) in [5.41, 5.74) is 6.22. The number of alkyl carbamates (subject to hydrolysis) is 1. The van der Waals surface area contributed by atoms with E-state index < -0.39 is 53.5 Å². The van der Waals surface area contributed by atoms with Crippen LogP contribution in [-0.2, 0) is 25.7 Å². The van der Waals surface area contributed by atoms with Crippen LogP contribution in [0, 0.1) is 6.92 Å². The Morgan fingerprint density at radius 2 is 1.62 bits per heavy atom. The predicted octanol–water partition coefficient (Wildman–Crippen LogP) is 4.14. The van der Waals surface area contributed by atoms with Crippen LogP contribution < -0.4 is 16.4 Å². The molecule has 0 saturated carbocycles. The van der Waals surface area contributed by atoms with E-state index in [0.29, 0.717) is 12.0 Å². The van der Waals surface area contributed by atoms with Crippen molar-refractivity contribution < 1.29 is 23.9 Å². The van der Waals surface area contributed by atoms with Gasteiger partial charge in [0.25, 0.3) is 0 Å². The van der Waals surface area contributed by atoms with Gasteiger partial charge >= 0.3 is 6.09 Å². The van der Waals surface area contributed by atoms with Crippen molar-refractivity contribution in [3.8, 4) is 0 Å². The standard InChI is InChI=1S/C30H42N4O5/c1-8-30(6,7)34(27(37)23(18-24(31)35)33-28(38)39-29(3,4)5)25(22-16-12-13-20(2)17-22)26(36)32-19-21-14-10-9-11-15-21/h9-17,23,25H,8,18-19H2,1-7H3,(H2,31,35)(H,32,36)(H,33,38). The van der Waals surface area contributed by atoms with Gasteiger partial charge in [-0.25, -0.2) is 4.79 Å². The minimum Gasteiger partial charge on any atom is -0.444 e. The van der Waals surface area contributed by atoms with Crippen LogP contribution in [0.15, 0.2) is 54.6 Å². The molecule has 0 heterocycles. The summed E-state index contributed by atoms with van der Waals surface area (Å²) in [5.74, 6) is -1.79. The van der Waals surface area contributed by atoms with Crippen molar-refractivity contribution in [1.82, 2.24) is 15.5 Å². The monoisotopic (exact) mass is 538 g/mol. The van der Waals surface area contributed by atoms with Gasteiger partial charge in [0.15, 0.2) is 0 Å². The summed E-state index contributed by atoms with van der Waals surface area (Å²) in [6, 6.07) is 14.4. The normalized spacial score (nSPS) is 13.1. The lowest BCUT2D eigenvalue weighted by molar-refractivity contribution is -0.150. The zero-order valence-electron chi connectivity index (χ0n) is 24.0. The third-order valence-electron chi connectivity index (χ3n) is 6.32. The fourth-order valence-corrected chi connectivity index (χ4v) is 4.10. The van der Waals surface area contributed by atoms with E-state index in [9.17, 15) is 19.2 Å². The Labute approximate surface area is 231 Å². The summed E-state index contributed by atoms with van der Waals surface area (Å²) in [4.78, 5) is 54.2. The lowest BCUT2D eigenvalue weighted by atomic mass is 9.91. The highest BCUT2D eigenvalue weighted by molar-refractivity contribution is 5.95. The molecule has 0 aliphatic heterocycles. The van der Waals surface area contributed by atoms with Crippen LogP contribution in [0.1, 0.15) is 77.1 Å². The molecule has 212 valence electrons. The molecule has 0 aromatic heterocycles. The third-order valence-corrected chi connectivity index (χ3v) is 6.32. The molecule has 2 aromatic rings. The third kappa shape index (κ3) is 9.42. The molecular weight excluding hydrogens is 496 g/mol. The van der Waals surface area contributed by atoms with Crippen LogP contribution in [0.3, 0.4) is 0 Å². The zero-order chi connectivity index (χ0) is 29.4. The van der Waals surface area contributed by atoms with E-state index in [4.69, 9.17) is 10.5 Å². The average molecular weight is 539 g/mol. The molecule has 39 heavy (non-hydrogen) atoms. The lowest BCUT2D eigenvalue weighted by Crippen LogP contribution is -2.59. The molecule has 0 bridgehead atoms. The number of carbonyl (C=O) groups is 4. The van der Waals surface area contributed by atoms with Gasteiger partial charge in [-0.1, -0.05) is 67.1 Å². The van der Waals surface area contributed by atoms with Crippen molar-refractivity contribution in [2.24, 2.45) is 5.73 Å². The molecule has 4 N–H and O–H groups in total. The number of hydrogen-bond acceptors (Lipinski definition) is 5. The maximum Gasteiger partial charge on any atom is 0.408 e. The number of nitrogens with one attached hydrogen (secondary N) is 2. The molecule has 0 radical (unpaired) electrons. The number of aryl methyl sites for hydroxylation is 1. The highest BCUT2D eigenvalue weighted by Crippen LogP contribution is 2.33. The van der Waals surface area contributed by atoms with Crippen LogP contribution >= 0.6 is 0 Å². The number of carbonyl (C=O) groups excluding carboxylic acids is 4. The van der Waals surface area contributed by atoms with Crippen molar-refractivity contribution >= 4 is 23.8 Å². The molecule has 9 nitrogen and oxygen atoms in total. The largest absolute Gasteiger partial charge is 0.444 e. The number of ether oxygens (including phenoxy) is 1. The molecule has 0 aliphatic rings. The van der Waals surface area contributed by atoms with Gasteiger partial charge < -0.3 is 26.0 Å². The molecule has 0 aliphatic carbocycles. The first-order valence-corrected chi connectivity index (χ1v) is 13.1. The van der Waals surface area contributed by atoms with Crippen molar-refractivity contribution in [3.63, 3.8) is 0 Å². The molecule has 0 saturated heterocycles. The average Bonchev–Trinajstić information content (AvgIpc) is 2.84. The second-order valence-electron chi connectivity index (χ2n) is 11.3. The lowest BCUT2D eigenvalue weighted by Gasteiger charge is -2.44. The number of rotatable bonds is 11. The van der Waals surface area contributed by atoms with Crippen LogP contribution in [-0.4, -0.2) is 45.9 Å². The van der Waals surface area contributed by atoms with E-state index in [2.05, 4.69) is 10.6 Å². The highest BCUT2D eigenvalue weighted by Gasteiger charge is 2.43. The molecule has 2 aromatic carbocycles. The Balaban J connectivity index is 2.57. The predicted molar refractivity (Wildman–Crippen MR) is 150 cm³/mol. The van der Waals surface area contributed by atoms with Gasteiger partial charge in [-0.15, -0.1) is 0 Å². The molecule has 2 atom stereocenters. The minimum absolute atomic E-state index is 0.261. The Morgan fingerprint density at radius 3 is 2.15 bits per heavy atom. The van der Waals surface area contributed by atoms with E-state index in [0.717, 1.165) is 11.1 Å². The highest BCUT2D eigenvalue weighted by atomic mass is 16.6. The minimum atomic E-state index is -1.34. The second kappa shape index (κ2) is 13.3. The Kier molecular flexibility index (Phi) is 10.7. The van der Waals surface area contributed by atoms with Gasteiger partial charge in [-0.05, 0) is 59.1 Å². The summed E-state index contributed by atoms with van der Waals surface area (Å²) in [7, 11) is 0. The molecular formula is C30H42N4O5. The summed E-state index contributed by atoms with van der Waals surface area (Å²) in [6.07, 6.45) is -0.833. The maximum atomic E-state index is 14.2. The molecule has 2 unspecified atom stereocenters. The van der Waals surface area contributed by atoms with Crippen LogP contribution in [0.4, 0.5) is 4.79 Å². The van der Waals surface area contributed by atoms with E-state index in [1.54, 1.807) is 26.8 Å². The molecule has 4 amide bonds. The van der Waals surface area contributed by atoms with Crippen LogP contribution in [0.25, 0.3) is 0 Å². The number of nitrogens with two attached hydrogens (primary N) is 1. The van der Waals surface area contributed by atoms with Gasteiger partial charge in [0.05, 0.1) is 6.42 Å². The molecule has 2 rings (SSSR count). The number of benzene rings is 2. The van der Waals surface area contributed by atoms with Gasteiger partial charge in [0.1, 0.15) is 17.7 Å². The topological polar surface area (TPSA) is 131 Å². The number of amides is 4. The summed E-state index contributed by atoms with van der Waals surface area (Å²) in [6.45, 7) is 12.8. The van der Waals surface area contributed by atoms with E-state index in [1.165, 1.54) is 4.90 Å². The molecule has 0 fully saturated rings. The quantitative estimate of drug-likeness (QED) is 0.396. The Morgan fingerprint density at radius 1 is 0.974 bits per heavy atom. The van der Waals surface area contributed by atoms with Gasteiger partial charge in [-0.3, -0.25) is 14.4 Å². The van der Waals surface area contributed by atoms with E-state index >= 15 is 0 Å². The number of hydrogen-bond donors (Lipinski definition) is 3. The van der Waals surface area contributed by atoms with Crippen LogP contribution in [0.5, 0.6) is 0 Å². The first-order chi connectivity index (χ1) is 18.1. The second-order valence-corrected chi connectivity index (χ2v) is 11.3. The molecule has 9 heteroatoms. The van der Waals surface area contributed by atoms with Crippen molar-refractivity contribution in [3.05, 3.63) is 71.3 Å². The van der Waals surface area contributed by atoms with Gasteiger partial charge in [-0.2, -0.15) is 0 Å². The van der Waals surface area contributed by atoms with Crippen molar-refractivity contribution in [2.75, 3.05) is 0 Å². The fraction of sp³-hybridized carbons (Fsp3) is 0.467. The summed E-state index contributed by atoms with van der Waals surface area (Å²) < 4.78 is 5.34. The first-order valence-electron chi connectivity index (χ1n) is 13.1. The van der Waals surface area contributed by atoms with Gasteiger partial charge in [0.2, 0.25) is 17.7 Å². The zero-order valence-corrected chi connectivity index (χ0v) is 24.0. The Bertz CT molecular complexity index is 1160. The van der Waals surface area contributed by atoms with Crippen molar-refractivity contribution in [2.45, 2.75) is 91.1 Å². The SMILES string of the molecule is CCC(C)(C)N(C(=O)C(CC(N)=O)NC(=O)OC(C)(C)C)C(C(=O)NCc1ccccc1)c1cccc(C)c1. The first kappa shape index (κ1) is 31.3. The van der Waals surface area contributed by atoms with Gasteiger partial charge in [0, 0.05) is 12.1 Å². The molecule has 0 spiro atoms. The number of primary amides is 1. The maximum absolute atomic E-state index is 14.2. The van der Waals surface area contributed by atoms with E-state index in [1.807, 2.05) is 76.2 Å².